The maximum atomic E-state index is 8.77. The van der Waals surface area contributed by atoms with Crippen molar-refractivity contribution >= 4 is 5.82 Å². The number of nitrogens with zero attached hydrogens (tertiary/aromatic N) is 2. The van der Waals surface area contributed by atoms with Crippen molar-refractivity contribution in [3.63, 3.8) is 0 Å². The summed E-state index contributed by atoms with van der Waals surface area (Å²) >= 11 is 0. The van der Waals surface area contributed by atoms with Gasteiger partial charge in [0.2, 0.25) is 0 Å². The molecule has 0 saturated heterocycles. The van der Waals surface area contributed by atoms with E-state index in [9.17, 15) is 0 Å². The number of benzene rings is 1. The van der Waals surface area contributed by atoms with Crippen molar-refractivity contribution in [1.29, 1.82) is 5.26 Å². The Morgan fingerprint density at radius 3 is 2.57 bits per heavy atom. The zero-order valence-corrected chi connectivity index (χ0v) is 12.3. The van der Waals surface area contributed by atoms with Crippen LogP contribution in [0.4, 0.5) is 5.82 Å². The number of methoxy groups -OCH3 is 2. The number of anilines is 1. The van der Waals surface area contributed by atoms with Crippen molar-refractivity contribution in [2.24, 2.45) is 0 Å². The maximum Gasteiger partial charge on any atom is 0.126 e. The van der Waals surface area contributed by atoms with Crippen molar-refractivity contribution in [3.8, 4) is 17.6 Å². The third-order valence-corrected chi connectivity index (χ3v) is 3.16. The van der Waals surface area contributed by atoms with Gasteiger partial charge in [-0.2, -0.15) is 5.26 Å². The van der Waals surface area contributed by atoms with Gasteiger partial charge in [-0.1, -0.05) is 0 Å². The summed E-state index contributed by atoms with van der Waals surface area (Å²) < 4.78 is 10.6. The second-order valence-corrected chi connectivity index (χ2v) is 4.52. The van der Waals surface area contributed by atoms with Crippen LogP contribution in [0.3, 0.4) is 0 Å². The molecule has 1 aromatic carbocycles. The highest BCUT2D eigenvalue weighted by Crippen LogP contribution is 2.30. The minimum absolute atomic E-state index is 0.0181. The van der Waals surface area contributed by atoms with Crippen molar-refractivity contribution in [1.82, 2.24) is 4.98 Å². The average Bonchev–Trinajstić information content (AvgIpc) is 2.54. The number of rotatable bonds is 5. The molecule has 1 atom stereocenters. The largest absolute Gasteiger partial charge is 0.497 e. The number of hydrogen-bond acceptors (Lipinski definition) is 5. The molecule has 108 valence electrons. The maximum absolute atomic E-state index is 8.77. The SMILES string of the molecule is COc1ccc(OC)c([C@H](C)Nc2ccc(C#N)cn2)c1. The van der Waals surface area contributed by atoms with E-state index in [-0.39, 0.29) is 6.04 Å². The summed E-state index contributed by atoms with van der Waals surface area (Å²) in [6.45, 7) is 2.01. The molecule has 21 heavy (non-hydrogen) atoms. The lowest BCUT2D eigenvalue weighted by molar-refractivity contribution is 0.397. The predicted octanol–water partition coefficient (Wildman–Crippen LogP) is 3.14. The summed E-state index contributed by atoms with van der Waals surface area (Å²) in [4.78, 5) is 4.21. The molecule has 0 spiro atoms. The number of ether oxygens (including phenoxy) is 2. The van der Waals surface area contributed by atoms with Gasteiger partial charge in [-0.15, -0.1) is 0 Å². The van der Waals surface area contributed by atoms with Gasteiger partial charge in [0.1, 0.15) is 23.4 Å². The fraction of sp³-hybridized carbons (Fsp3) is 0.250. The van der Waals surface area contributed by atoms with Crippen LogP contribution in [0, 0.1) is 11.3 Å². The Kier molecular flexibility index (Phi) is 4.62. The van der Waals surface area contributed by atoms with Gasteiger partial charge in [-0.25, -0.2) is 4.98 Å². The Hall–Kier alpha value is -2.74. The Morgan fingerprint density at radius 1 is 1.19 bits per heavy atom. The molecule has 0 fully saturated rings. The molecule has 1 heterocycles. The summed E-state index contributed by atoms with van der Waals surface area (Å²) in [6, 6.07) is 11.2. The van der Waals surface area contributed by atoms with E-state index in [2.05, 4.69) is 10.3 Å². The first kappa shape index (κ1) is 14.7. The lowest BCUT2D eigenvalue weighted by Crippen LogP contribution is -2.09. The first-order valence-electron chi connectivity index (χ1n) is 6.52. The second kappa shape index (κ2) is 6.62. The van der Waals surface area contributed by atoms with Crippen molar-refractivity contribution in [2.45, 2.75) is 13.0 Å². The zero-order chi connectivity index (χ0) is 15.2. The average molecular weight is 283 g/mol. The third-order valence-electron chi connectivity index (χ3n) is 3.16. The molecule has 0 saturated carbocycles. The van der Waals surface area contributed by atoms with Gasteiger partial charge >= 0.3 is 0 Å². The van der Waals surface area contributed by atoms with Crippen LogP contribution in [-0.2, 0) is 0 Å². The fourth-order valence-electron chi connectivity index (χ4n) is 2.02. The summed E-state index contributed by atoms with van der Waals surface area (Å²) in [5, 5.41) is 12.1. The molecule has 1 N–H and O–H groups in total. The Balaban J connectivity index is 2.22. The normalized spacial score (nSPS) is 11.3. The second-order valence-electron chi connectivity index (χ2n) is 4.52. The van der Waals surface area contributed by atoms with E-state index < -0.39 is 0 Å². The van der Waals surface area contributed by atoms with E-state index in [0.717, 1.165) is 17.1 Å². The molecule has 5 nitrogen and oxygen atoms in total. The van der Waals surface area contributed by atoms with Crippen LogP contribution in [0.5, 0.6) is 11.5 Å². The van der Waals surface area contributed by atoms with Gasteiger partial charge in [-0.3, -0.25) is 0 Å². The molecule has 5 heteroatoms. The number of pyridine rings is 1. The van der Waals surface area contributed by atoms with Crippen LogP contribution in [-0.4, -0.2) is 19.2 Å². The quantitative estimate of drug-likeness (QED) is 0.913. The highest BCUT2D eigenvalue weighted by atomic mass is 16.5. The van der Waals surface area contributed by atoms with Crippen LogP contribution in [0.1, 0.15) is 24.1 Å². The highest BCUT2D eigenvalue weighted by Gasteiger charge is 2.13. The fourth-order valence-corrected chi connectivity index (χ4v) is 2.02. The number of aromatic nitrogens is 1. The minimum atomic E-state index is -0.0181. The monoisotopic (exact) mass is 283 g/mol. The number of nitriles is 1. The molecule has 0 aliphatic rings. The molecule has 0 aliphatic heterocycles. The van der Waals surface area contributed by atoms with E-state index in [4.69, 9.17) is 14.7 Å². The number of hydrogen-bond donors (Lipinski definition) is 1. The molecule has 0 aliphatic carbocycles. The molecule has 0 bridgehead atoms. The topological polar surface area (TPSA) is 67.2 Å². The predicted molar refractivity (Wildman–Crippen MR) is 80.5 cm³/mol. The van der Waals surface area contributed by atoms with E-state index in [0.29, 0.717) is 11.4 Å². The van der Waals surface area contributed by atoms with Crippen LogP contribution < -0.4 is 14.8 Å². The van der Waals surface area contributed by atoms with E-state index >= 15 is 0 Å². The van der Waals surface area contributed by atoms with E-state index in [1.807, 2.05) is 31.2 Å². The van der Waals surface area contributed by atoms with Gasteiger partial charge in [-0.05, 0) is 37.3 Å². The Labute approximate surface area is 124 Å². The minimum Gasteiger partial charge on any atom is -0.497 e. The smallest absolute Gasteiger partial charge is 0.126 e. The van der Waals surface area contributed by atoms with Crippen LogP contribution in [0.2, 0.25) is 0 Å². The standard InChI is InChI=1S/C16H17N3O2/c1-11(19-16-7-4-12(9-17)10-18-16)14-8-13(20-2)5-6-15(14)21-3/h4-8,10-11H,1-3H3,(H,18,19)/t11-/m0/s1. The van der Waals surface area contributed by atoms with Gasteiger partial charge in [0.15, 0.2) is 0 Å². The summed E-state index contributed by atoms with van der Waals surface area (Å²) in [6.07, 6.45) is 1.54. The van der Waals surface area contributed by atoms with Crippen molar-refractivity contribution in [3.05, 3.63) is 47.7 Å². The Bertz CT molecular complexity index is 648. The number of nitrogens with one attached hydrogen (secondary N) is 1. The zero-order valence-electron chi connectivity index (χ0n) is 12.3. The molecule has 2 aromatic rings. The lowest BCUT2D eigenvalue weighted by Gasteiger charge is -2.18. The van der Waals surface area contributed by atoms with Gasteiger partial charge in [0, 0.05) is 11.8 Å². The van der Waals surface area contributed by atoms with Crippen molar-refractivity contribution in [2.75, 3.05) is 19.5 Å². The summed E-state index contributed by atoms with van der Waals surface area (Å²) in [5.74, 6) is 2.25. The first-order valence-corrected chi connectivity index (χ1v) is 6.52. The Morgan fingerprint density at radius 2 is 2.00 bits per heavy atom. The first-order chi connectivity index (χ1) is 10.2. The van der Waals surface area contributed by atoms with E-state index in [1.54, 1.807) is 26.4 Å². The molecule has 0 amide bonds. The lowest BCUT2D eigenvalue weighted by atomic mass is 10.1. The molecular weight excluding hydrogens is 266 g/mol. The van der Waals surface area contributed by atoms with Crippen LogP contribution >= 0.6 is 0 Å². The molecule has 0 unspecified atom stereocenters. The molecule has 0 radical (unpaired) electrons. The molecular formula is C16H17N3O2. The van der Waals surface area contributed by atoms with Gasteiger partial charge in [0.25, 0.3) is 0 Å². The summed E-state index contributed by atoms with van der Waals surface area (Å²) in [7, 11) is 3.27. The van der Waals surface area contributed by atoms with Gasteiger partial charge in [0.05, 0.1) is 25.8 Å². The summed E-state index contributed by atoms with van der Waals surface area (Å²) in [5.41, 5.74) is 1.51. The van der Waals surface area contributed by atoms with Gasteiger partial charge < -0.3 is 14.8 Å². The molecule has 1 aromatic heterocycles. The van der Waals surface area contributed by atoms with Crippen LogP contribution in [0.15, 0.2) is 36.5 Å². The highest BCUT2D eigenvalue weighted by molar-refractivity contribution is 5.47. The van der Waals surface area contributed by atoms with Crippen LogP contribution in [0.25, 0.3) is 0 Å². The molecule has 2 rings (SSSR count). The van der Waals surface area contributed by atoms with E-state index in [1.165, 1.54) is 6.20 Å². The van der Waals surface area contributed by atoms with Crippen molar-refractivity contribution < 1.29 is 9.47 Å². The third kappa shape index (κ3) is 3.42.